The molecule has 3 aromatic rings. The second kappa shape index (κ2) is 9.60. The van der Waals surface area contributed by atoms with E-state index in [4.69, 9.17) is 0 Å². The summed E-state index contributed by atoms with van der Waals surface area (Å²) in [5.41, 5.74) is 2.79. The number of nitrogens with zero attached hydrogens (tertiary/aromatic N) is 2. The molecule has 0 unspecified atom stereocenters. The zero-order valence-corrected chi connectivity index (χ0v) is 15.8. The lowest BCUT2D eigenvalue weighted by Gasteiger charge is -2.09. The summed E-state index contributed by atoms with van der Waals surface area (Å²) in [5.74, 6) is -0.136. The van der Waals surface area contributed by atoms with Crippen molar-refractivity contribution in [2.45, 2.75) is 19.8 Å². The summed E-state index contributed by atoms with van der Waals surface area (Å²) in [5, 5.41) is 5.95. The lowest BCUT2D eigenvalue weighted by Crippen LogP contribution is -2.27. The number of nitrogens with one attached hydrogen (secondary N) is 2. The number of halogens is 1. The summed E-state index contributed by atoms with van der Waals surface area (Å²) in [6.07, 6.45) is 1.26. The number of carbonyl (C=O) groups excluding carboxylic acids is 1. The van der Waals surface area contributed by atoms with Crippen molar-refractivity contribution in [3.05, 3.63) is 89.0 Å². The van der Waals surface area contributed by atoms with Gasteiger partial charge in [-0.3, -0.25) is 4.79 Å². The van der Waals surface area contributed by atoms with Crippen LogP contribution in [-0.4, -0.2) is 29.0 Å². The largest absolute Gasteiger partial charge is 0.354 e. The van der Waals surface area contributed by atoms with Gasteiger partial charge in [0.2, 0.25) is 5.95 Å². The van der Waals surface area contributed by atoms with Crippen molar-refractivity contribution in [1.82, 2.24) is 15.3 Å². The predicted molar refractivity (Wildman–Crippen MR) is 108 cm³/mol. The van der Waals surface area contributed by atoms with Gasteiger partial charge in [-0.15, -0.1) is 0 Å². The molecule has 0 aliphatic carbocycles. The van der Waals surface area contributed by atoms with Crippen molar-refractivity contribution >= 4 is 11.9 Å². The molecule has 2 N–H and O–H groups in total. The van der Waals surface area contributed by atoms with E-state index < -0.39 is 0 Å². The highest BCUT2D eigenvalue weighted by Gasteiger charge is 2.11. The minimum Gasteiger partial charge on any atom is -0.354 e. The first-order valence-electron chi connectivity index (χ1n) is 9.27. The Labute approximate surface area is 164 Å². The molecule has 2 aromatic carbocycles. The standard InChI is InChI=1S/C22H23FN4O/c1-16-15-20(21(28)24-14-12-18-9-5-6-10-19(18)23)27-22(26-16)25-13-11-17-7-3-2-4-8-17/h2-10,15H,11-14H2,1H3,(H,24,28)(H,25,26,27). The monoisotopic (exact) mass is 378 g/mol. The predicted octanol–water partition coefficient (Wildman–Crippen LogP) is 3.55. The summed E-state index contributed by atoms with van der Waals surface area (Å²) in [7, 11) is 0. The molecule has 0 radical (unpaired) electrons. The molecule has 1 aromatic heterocycles. The summed E-state index contributed by atoms with van der Waals surface area (Å²) in [4.78, 5) is 21.0. The Morgan fingerprint density at radius 2 is 1.71 bits per heavy atom. The average molecular weight is 378 g/mol. The van der Waals surface area contributed by atoms with Crippen LogP contribution in [0.2, 0.25) is 0 Å². The molecule has 0 atom stereocenters. The van der Waals surface area contributed by atoms with Crippen LogP contribution in [0.25, 0.3) is 0 Å². The molecule has 0 saturated carbocycles. The van der Waals surface area contributed by atoms with Gasteiger partial charge in [0.05, 0.1) is 0 Å². The second-order valence-corrected chi connectivity index (χ2v) is 6.48. The number of hydrogen-bond acceptors (Lipinski definition) is 4. The number of anilines is 1. The van der Waals surface area contributed by atoms with E-state index in [1.807, 2.05) is 25.1 Å². The van der Waals surface area contributed by atoms with Crippen LogP contribution in [0.3, 0.4) is 0 Å². The van der Waals surface area contributed by atoms with E-state index in [1.54, 1.807) is 24.3 Å². The molecule has 0 spiro atoms. The van der Waals surface area contributed by atoms with Crippen LogP contribution in [0.5, 0.6) is 0 Å². The number of carbonyl (C=O) groups is 1. The fourth-order valence-corrected chi connectivity index (χ4v) is 2.83. The highest BCUT2D eigenvalue weighted by atomic mass is 19.1. The highest BCUT2D eigenvalue weighted by Crippen LogP contribution is 2.08. The van der Waals surface area contributed by atoms with Crippen LogP contribution in [0, 0.1) is 12.7 Å². The van der Waals surface area contributed by atoms with Gasteiger partial charge in [-0.1, -0.05) is 48.5 Å². The van der Waals surface area contributed by atoms with Gasteiger partial charge in [0.25, 0.3) is 5.91 Å². The van der Waals surface area contributed by atoms with E-state index in [1.165, 1.54) is 11.6 Å². The van der Waals surface area contributed by atoms with Gasteiger partial charge in [0, 0.05) is 18.8 Å². The second-order valence-electron chi connectivity index (χ2n) is 6.48. The van der Waals surface area contributed by atoms with Gasteiger partial charge in [0.15, 0.2) is 0 Å². The maximum Gasteiger partial charge on any atom is 0.270 e. The number of benzene rings is 2. The number of amides is 1. The summed E-state index contributed by atoms with van der Waals surface area (Å²) < 4.78 is 13.6. The van der Waals surface area contributed by atoms with Gasteiger partial charge in [-0.2, -0.15) is 0 Å². The van der Waals surface area contributed by atoms with Crippen molar-refractivity contribution < 1.29 is 9.18 Å². The van der Waals surface area contributed by atoms with Gasteiger partial charge in [0.1, 0.15) is 11.5 Å². The van der Waals surface area contributed by atoms with E-state index in [0.29, 0.717) is 42.4 Å². The van der Waals surface area contributed by atoms with Crippen molar-refractivity contribution in [2.75, 3.05) is 18.4 Å². The maximum atomic E-state index is 13.6. The Balaban J connectivity index is 1.54. The zero-order chi connectivity index (χ0) is 19.8. The average Bonchev–Trinajstić information content (AvgIpc) is 2.70. The third-order valence-electron chi connectivity index (χ3n) is 4.26. The number of rotatable bonds is 8. The molecule has 0 aliphatic rings. The summed E-state index contributed by atoms with van der Waals surface area (Å²) in [6.45, 7) is 2.82. The molecular weight excluding hydrogens is 355 g/mol. The van der Waals surface area contributed by atoms with Crippen LogP contribution < -0.4 is 10.6 Å². The van der Waals surface area contributed by atoms with Gasteiger partial charge < -0.3 is 10.6 Å². The Kier molecular flexibility index (Phi) is 6.68. The third kappa shape index (κ3) is 5.61. The molecule has 5 nitrogen and oxygen atoms in total. The van der Waals surface area contributed by atoms with E-state index in [-0.39, 0.29) is 11.7 Å². The minimum absolute atomic E-state index is 0.264. The summed E-state index contributed by atoms with van der Waals surface area (Å²) >= 11 is 0. The van der Waals surface area contributed by atoms with E-state index in [2.05, 4.69) is 32.7 Å². The molecular formula is C22H23FN4O. The van der Waals surface area contributed by atoms with E-state index >= 15 is 0 Å². The maximum absolute atomic E-state index is 13.6. The molecule has 6 heteroatoms. The number of hydrogen-bond donors (Lipinski definition) is 2. The Bertz CT molecular complexity index is 931. The van der Waals surface area contributed by atoms with Crippen molar-refractivity contribution in [2.24, 2.45) is 0 Å². The Hall–Kier alpha value is -3.28. The minimum atomic E-state index is -0.298. The third-order valence-corrected chi connectivity index (χ3v) is 4.26. The van der Waals surface area contributed by atoms with Crippen LogP contribution in [-0.2, 0) is 12.8 Å². The smallest absolute Gasteiger partial charge is 0.270 e. The van der Waals surface area contributed by atoms with E-state index in [0.717, 1.165) is 6.42 Å². The lowest BCUT2D eigenvalue weighted by molar-refractivity contribution is 0.0949. The topological polar surface area (TPSA) is 66.9 Å². The molecule has 28 heavy (non-hydrogen) atoms. The molecule has 0 fully saturated rings. The van der Waals surface area contributed by atoms with E-state index in [9.17, 15) is 9.18 Å². The molecule has 0 saturated heterocycles. The number of aromatic nitrogens is 2. The SMILES string of the molecule is Cc1cc(C(=O)NCCc2ccccc2F)nc(NCCc2ccccc2)n1. The van der Waals surface area contributed by atoms with Gasteiger partial charge in [-0.25, -0.2) is 14.4 Å². The van der Waals surface area contributed by atoms with Gasteiger partial charge >= 0.3 is 0 Å². The van der Waals surface area contributed by atoms with Crippen molar-refractivity contribution in [1.29, 1.82) is 0 Å². The molecule has 144 valence electrons. The van der Waals surface area contributed by atoms with Crippen molar-refractivity contribution in [3.8, 4) is 0 Å². The fourth-order valence-electron chi connectivity index (χ4n) is 2.83. The highest BCUT2D eigenvalue weighted by molar-refractivity contribution is 5.92. The van der Waals surface area contributed by atoms with Gasteiger partial charge in [-0.05, 0) is 43.0 Å². The van der Waals surface area contributed by atoms with Crippen LogP contribution in [0.1, 0.15) is 27.3 Å². The molecule has 0 bridgehead atoms. The summed E-state index contributed by atoms with van der Waals surface area (Å²) in [6, 6.07) is 18.3. The fraction of sp³-hybridized carbons (Fsp3) is 0.227. The molecule has 3 rings (SSSR count). The molecule has 1 heterocycles. The van der Waals surface area contributed by atoms with Crippen molar-refractivity contribution in [3.63, 3.8) is 0 Å². The lowest BCUT2D eigenvalue weighted by atomic mass is 10.1. The molecule has 1 amide bonds. The van der Waals surface area contributed by atoms with Crippen LogP contribution in [0.15, 0.2) is 60.7 Å². The quantitative estimate of drug-likeness (QED) is 0.629. The first-order valence-corrected chi connectivity index (χ1v) is 9.27. The van der Waals surface area contributed by atoms with Crippen LogP contribution >= 0.6 is 0 Å². The van der Waals surface area contributed by atoms with Crippen LogP contribution in [0.4, 0.5) is 10.3 Å². The number of aryl methyl sites for hydroxylation is 1. The Morgan fingerprint density at radius 3 is 2.50 bits per heavy atom. The first kappa shape index (κ1) is 19.5. The normalized spacial score (nSPS) is 10.5. The first-order chi connectivity index (χ1) is 13.6. The molecule has 0 aliphatic heterocycles. The Morgan fingerprint density at radius 1 is 0.964 bits per heavy atom. The zero-order valence-electron chi connectivity index (χ0n) is 15.8.